The van der Waals surface area contributed by atoms with Gasteiger partial charge in [-0.15, -0.1) is 0 Å². The van der Waals surface area contributed by atoms with Gasteiger partial charge in [-0.3, -0.25) is 4.79 Å². The van der Waals surface area contributed by atoms with Gasteiger partial charge in [0.2, 0.25) is 5.43 Å². The lowest BCUT2D eigenvalue weighted by Gasteiger charge is -2.44. The van der Waals surface area contributed by atoms with Crippen LogP contribution in [0.2, 0.25) is 0 Å². The molecular weight excluding hydrogens is 425 g/mol. The van der Waals surface area contributed by atoms with Crippen LogP contribution in [0.25, 0.3) is 10.9 Å². The number of rotatable bonds is 7. The van der Waals surface area contributed by atoms with Crippen molar-refractivity contribution >= 4 is 22.6 Å². The monoisotopic (exact) mass is 459 g/mol. The van der Waals surface area contributed by atoms with Gasteiger partial charge in [0.05, 0.1) is 24.6 Å². The van der Waals surface area contributed by atoms with Gasteiger partial charge in [-0.05, 0) is 37.2 Å². The first-order valence-corrected chi connectivity index (χ1v) is 11.8. The Bertz CT molecular complexity index is 1120. The number of aromatic nitrogens is 1. The quantitative estimate of drug-likeness (QED) is 0.497. The predicted octanol–water partition coefficient (Wildman–Crippen LogP) is 4.00. The van der Waals surface area contributed by atoms with E-state index in [1.54, 1.807) is 6.20 Å². The van der Waals surface area contributed by atoms with E-state index in [2.05, 4.69) is 13.8 Å². The molecule has 33 heavy (non-hydrogen) atoms. The number of hydrogen-bond donors (Lipinski definition) is 1. The number of carbonyl (C=O) groups is 1. The predicted molar refractivity (Wildman–Crippen MR) is 127 cm³/mol. The highest BCUT2D eigenvalue weighted by Gasteiger charge is 2.37. The largest absolute Gasteiger partial charge is 0.492 e. The van der Waals surface area contributed by atoms with E-state index in [4.69, 9.17) is 15.2 Å². The van der Waals surface area contributed by atoms with Gasteiger partial charge < -0.3 is 24.7 Å². The molecule has 2 N–H and O–H groups in total. The zero-order valence-electron chi connectivity index (χ0n) is 19.9. The Labute approximate surface area is 193 Å². The first-order chi connectivity index (χ1) is 15.7. The molecule has 1 saturated carbocycles. The number of nitrogens with two attached hydrogens (primary N) is 1. The molecule has 2 heterocycles. The molecule has 1 aliphatic heterocycles. The fourth-order valence-electron chi connectivity index (χ4n) is 4.67. The smallest absolute Gasteiger partial charge is 0.343 e. The topological polar surface area (TPSA) is 86.8 Å². The Morgan fingerprint density at radius 2 is 2.03 bits per heavy atom. The molecule has 1 aromatic carbocycles. The molecule has 2 aromatic rings. The Hall–Kier alpha value is -2.61. The molecule has 0 spiro atoms. The maximum absolute atomic E-state index is 15.6. The number of nitrogens with zero attached hydrogens (tertiary/aromatic N) is 2. The number of hydrogen-bond acceptors (Lipinski definition) is 6. The summed E-state index contributed by atoms with van der Waals surface area (Å²) in [5, 5.41) is 0.137. The van der Waals surface area contributed by atoms with Gasteiger partial charge >= 0.3 is 5.97 Å². The van der Waals surface area contributed by atoms with E-state index in [1.807, 2.05) is 16.4 Å². The summed E-state index contributed by atoms with van der Waals surface area (Å²) in [6, 6.07) is 1.40. The number of pyridine rings is 1. The van der Waals surface area contributed by atoms with Crippen molar-refractivity contribution in [3.63, 3.8) is 0 Å². The molecule has 0 amide bonds. The fourth-order valence-corrected chi connectivity index (χ4v) is 4.67. The molecule has 0 bridgehead atoms. The summed E-state index contributed by atoms with van der Waals surface area (Å²) >= 11 is 0. The van der Waals surface area contributed by atoms with Gasteiger partial charge in [-0.1, -0.05) is 27.2 Å². The van der Waals surface area contributed by atoms with E-state index >= 15 is 4.39 Å². The third-order valence-corrected chi connectivity index (χ3v) is 6.92. The van der Waals surface area contributed by atoms with Gasteiger partial charge in [0.25, 0.3) is 0 Å². The number of esters is 1. The Kier molecular flexibility index (Phi) is 6.40. The summed E-state index contributed by atoms with van der Waals surface area (Å²) in [5.41, 5.74) is 6.36. The van der Waals surface area contributed by atoms with Crippen LogP contribution in [0.3, 0.4) is 0 Å². The van der Waals surface area contributed by atoms with Crippen molar-refractivity contribution in [3.05, 3.63) is 33.9 Å². The summed E-state index contributed by atoms with van der Waals surface area (Å²) in [5.74, 6) is -0.882. The van der Waals surface area contributed by atoms with E-state index in [0.717, 1.165) is 32.1 Å². The lowest BCUT2D eigenvalue weighted by atomic mass is 9.79. The van der Waals surface area contributed by atoms with Crippen molar-refractivity contribution in [3.8, 4) is 5.75 Å². The van der Waals surface area contributed by atoms with Crippen molar-refractivity contribution in [2.45, 2.75) is 65.0 Å². The lowest BCUT2D eigenvalue weighted by molar-refractivity contribution is 0.0497. The number of methoxy groups -OCH3 is 1. The summed E-state index contributed by atoms with van der Waals surface area (Å²) < 4.78 is 28.5. The molecule has 1 aromatic heterocycles. The number of halogens is 1. The second kappa shape index (κ2) is 8.97. The average Bonchev–Trinajstić information content (AvgIpc) is 3.61. The number of benzene rings is 1. The van der Waals surface area contributed by atoms with Gasteiger partial charge in [-0.25, -0.2) is 9.18 Å². The van der Waals surface area contributed by atoms with Crippen LogP contribution >= 0.6 is 0 Å². The number of unbranched alkanes of at least 4 members (excludes halogenated alkanes) is 1. The maximum Gasteiger partial charge on any atom is 0.343 e. The van der Waals surface area contributed by atoms with E-state index in [1.165, 1.54) is 13.2 Å². The number of carbonyl (C=O) groups excluding carboxylic acids is 1. The Balaban J connectivity index is 1.88. The molecule has 0 radical (unpaired) electrons. The molecule has 1 unspecified atom stereocenters. The highest BCUT2D eigenvalue weighted by Crippen LogP contribution is 2.45. The molecule has 1 aliphatic carbocycles. The summed E-state index contributed by atoms with van der Waals surface area (Å²) in [6.45, 7) is 7.56. The second-order valence-electron chi connectivity index (χ2n) is 9.94. The van der Waals surface area contributed by atoms with Crippen LogP contribution in [0.15, 0.2) is 17.1 Å². The van der Waals surface area contributed by atoms with E-state index in [9.17, 15) is 9.59 Å². The average molecular weight is 460 g/mol. The van der Waals surface area contributed by atoms with Crippen LogP contribution in [0.1, 0.15) is 69.3 Å². The van der Waals surface area contributed by atoms with Gasteiger partial charge in [0.15, 0.2) is 11.6 Å². The Morgan fingerprint density at radius 3 is 2.64 bits per heavy atom. The van der Waals surface area contributed by atoms with Crippen molar-refractivity contribution in [2.75, 3.05) is 31.7 Å². The highest BCUT2D eigenvalue weighted by molar-refractivity contribution is 5.97. The molecule has 2 aliphatic rings. The number of anilines is 1. The number of ether oxygens (including phenoxy) is 2. The number of fused-ring (bicyclic) bond motifs is 1. The lowest BCUT2D eigenvalue weighted by Crippen LogP contribution is -2.52. The zero-order valence-corrected chi connectivity index (χ0v) is 19.9. The second-order valence-corrected chi connectivity index (χ2v) is 9.94. The normalized spacial score (nSPS) is 20.2. The summed E-state index contributed by atoms with van der Waals surface area (Å²) in [6.07, 6.45) is 5.73. The molecule has 180 valence electrons. The van der Waals surface area contributed by atoms with Gasteiger partial charge in [0, 0.05) is 31.4 Å². The van der Waals surface area contributed by atoms with Gasteiger partial charge in [-0.2, -0.15) is 0 Å². The minimum Gasteiger partial charge on any atom is -0.492 e. The van der Waals surface area contributed by atoms with Crippen LogP contribution in [-0.4, -0.2) is 43.4 Å². The first kappa shape index (κ1) is 23.5. The van der Waals surface area contributed by atoms with Crippen molar-refractivity contribution in [1.82, 2.24) is 4.57 Å². The number of piperidine rings is 1. The molecule has 1 atom stereocenters. The third-order valence-electron chi connectivity index (χ3n) is 6.92. The van der Waals surface area contributed by atoms with Crippen molar-refractivity contribution in [1.29, 1.82) is 0 Å². The van der Waals surface area contributed by atoms with Crippen LogP contribution in [0, 0.1) is 11.2 Å². The fraction of sp³-hybridized carbons (Fsp3) is 0.600. The van der Waals surface area contributed by atoms with Crippen molar-refractivity contribution in [2.24, 2.45) is 11.1 Å². The summed E-state index contributed by atoms with van der Waals surface area (Å²) in [7, 11) is 1.49. The van der Waals surface area contributed by atoms with Crippen LogP contribution < -0.4 is 20.8 Å². The van der Waals surface area contributed by atoms with Crippen LogP contribution in [0.5, 0.6) is 5.75 Å². The molecule has 1 saturated heterocycles. The molecular formula is C25H34FN3O4. The van der Waals surface area contributed by atoms with Crippen molar-refractivity contribution < 1.29 is 18.7 Å². The standard InChI is InChI=1S/C25H34FN3O4/c1-5-6-11-33-24(31)17-13-29(15-7-8-15)20-16(22(17)30)12-18(26)21(23(20)32-4)28-10-9-19(27)25(2,3)14-28/h12-13,15,19H,5-11,14,27H2,1-4H3. The highest BCUT2D eigenvalue weighted by atomic mass is 19.1. The minimum atomic E-state index is -0.667. The van der Waals surface area contributed by atoms with Crippen LogP contribution in [0.4, 0.5) is 10.1 Å². The van der Waals surface area contributed by atoms with Gasteiger partial charge in [0.1, 0.15) is 11.3 Å². The zero-order chi connectivity index (χ0) is 23.9. The molecule has 2 fully saturated rings. The Morgan fingerprint density at radius 1 is 1.30 bits per heavy atom. The molecule has 4 rings (SSSR count). The third kappa shape index (κ3) is 4.33. The first-order valence-electron chi connectivity index (χ1n) is 11.8. The maximum atomic E-state index is 15.6. The molecule has 7 nitrogen and oxygen atoms in total. The van der Waals surface area contributed by atoms with E-state index in [0.29, 0.717) is 30.0 Å². The summed E-state index contributed by atoms with van der Waals surface area (Å²) in [4.78, 5) is 27.9. The van der Waals surface area contributed by atoms with E-state index in [-0.39, 0.29) is 35.1 Å². The van der Waals surface area contributed by atoms with E-state index < -0.39 is 17.2 Å². The molecule has 8 heteroatoms. The van der Waals surface area contributed by atoms with Crippen LogP contribution in [-0.2, 0) is 4.74 Å². The SMILES string of the molecule is CCCCOC(=O)c1cn(C2CC2)c2c(OC)c(N3CCC(N)C(C)(C)C3)c(F)cc2c1=O. The minimum absolute atomic E-state index is 0.0224.